The van der Waals surface area contributed by atoms with E-state index in [1.807, 2.05) is 62.4 Å². The number of nitrogens with zero attached hydrogens (tertiary/aromatic N) is 1. The summed E-state index contributed by atoms with van der Waals surface area (Å²) in [6.45, 7) is 10.8. The van der Waals surface area contributed by atoms with Crippen LogP contribution in [-0.2, 0) is 16.1 Å². The maximum absolute atomic E-state index is 13.1. The van der Waals surface area contributed by atoms with E-state index in [0.29, 0.717) is 30.4 Å². The van der Waals surface area contributed by atoms with Crippen LogP contribution in [0.4, 0.5) is 0 Å². The van der Waals surface area contributed by atoms with E-state index in [4.69, 9.17) is 25.8 Å². The molecule has 1 aliphatic heterocycles. The van der Waals surface area contributed by atoms with Gasteiger partial charge in [-0.3, -0.25) is 9.69 Å². The molecule has 5 nitrogen and oxygen atoms in total. The molecule has 0 spiro atoms. The molecule has 1 fully saturated rings. The Morgan fingerprint density at radius 1 is 1.15 bits per heavy atom. The minimum absolute atomic E-state index is 0.111. The summed E-state index contributed by atoms with van der Waals surface area (Å²) >= 11 is 6.37. The lowest BCUT2D eigenvalue weighted by Crippen LogP contribution is -2.46. The third kappa shape index (κ3) is 7.24. The van der Waals surface area contributed by atoms with Gasteiger partial charge >= 0.3 is 5.97 Å². The number of rotatable bonds is 11. The molecule has 2 aromatic carbocycles. The Balaban J connectivity index is 1.60. The van der Waals surface area contributed by atoms with E-state index in [2.05, 4.69) is 11.5 Å². The number of likely N-dealkylation sites (tertiary alicyclic amines) is 1. The molecular weight excluding hydrogens is 438 g/mol. The first-order valence-corrected chi connectivity index (χ1v) is 11.9. The second kappa shape index (κ2) is 12.1. The molecule has 0 aromatic heterocycles. The van der Waals surface area contributed by atoms with Crippen molar-refractivity contribution in [1.82, 2.24) is 4.90 Å². The minimum atomic E-state index is -0.518. The van der Waals surface area contributed by atoms with Gasteiger partial charge < -0.3 is 14.2 Å². The zero-order chi connectivity index (χ0) is 23.7. The van der Waals surface area contributed by atoms with Gasteiger partial charge in [-0.2, -0.15) is 0 Å². The van der Waals surface area contributed by atoms with Crippen molar-refractivity contribution in [3.63, 3.8) is 0 Å². The molecule has 3 rings (SSSR count). The summed E-state index contributed by atoms with van der Waals surface area (Å²) in [5.41, 5.74) is 0.603. The number of hydrogen-bond acceptors (Lipinski definition) is 5. The first-order chi connectivity index (χ1) is 15.9. The van der Waals surface area contributed by atoms with Crippen molar-refractivity contribution < 1.29 is 19.0 Å². The van der Waals surface area contributed by atoms with Crippen molar-refractivity contribution in [1.29, 1.82) is 0 Å². The molecule has 2 aromatic rings. The van der Waals surface area contributed by atoms with Crippen LogP contribution in [0.15, 0.2) is 61.2 Å². The highest BCUT2D eigenvalue weighted by Crippen LogP contribution is 2.38. The maximum atomic E-state index is 13.1. The van der Waals surface area contributed by atoms with Gasteiger partial charge in [0.05, 0.1) is 23.1 Å². The fourth-order valence-corrected chi connectivity index (χ4v) is 4.34. The van der Waals surface area contributed by atoms with Crippen molar-refractivity contribution in [3.05, 3.63) is 71.8 Å². The third-order valence-electron chi connectivity index (χ3n) is 5.94. The number of esters is 1. The molecule has 0 aliphatic carbocycles. The number of piperidine rings is 1. The molecule has 1 heterocycles. The Bertz CT molecular complexity index is 908. The van der Waals surface area contributed by atoms with Crippen molar-refractivity contribution in [2.45, 2.75) is 45.8 Å². The Hall–Kier alpha value is -2.50. The van der Waals surface area contributed by atoms with Gasteiger partial charge in [-0.25, -0.2) is 0 Å². The second-order valence-electron chi connectivity index (χ2n) is 8.79. The van der Waals surface area contributed by atoms with Crippen LogP contribution in [0.2, 0.25) is 5.02 Å². The number of carbonyl (C=O) groups is 1. The van der Waals surface area contributed by atoms with Crippen LogP contribution in [-0.4, -0.2) is 43.3 Å². The van der Waals surface area contributed by atoms with Crippen LogP contribution in [0, 0.1) is 5.41 Å². The average Bonchev–Trinajstić information content (AvgIpc) is 2.80. The molecule has 1 saturated heterocycles. The summed E-state index contributed by atoms with van der Waals surface area (Å²) < 4.78 is 17.1. The molecule has 0 unspecified atom stereocenters. The standard InChI is InChI=1S/C27H34ClNO4/c1-4-17-32-25-11-10-22(19-24(25)28)20-29-15-12-27(13-16-29,26(30)33-21(2)3)14-18-31-23-8-6-5-7-9-23/h4-11,19,21H,1,12-18,20H2,2-3H3. The highest BCUT2D eigenvalue weighted by molar-refractivity contribution is 6.32. The molecule has 178 valence electrons. The largest absolute Gasteiger partial charge is 0.494 e. The van der Waals surface area contributed by atoms with Crippen LogP contribution in [0.5, 0.6) is 11.5 Å². The van der Waals surface area contributed by atoms with Gasteiger partial charge in [0.1, 0.15) is 18.1 Å². The van der Waals surface area contributed by atoms with Gasteiger partial charge in [0.2, 0.25) is 0 Å². The lowest BCUT2D eigenvalue weighted by atomic mass is 9.75. The Kier molecular flexibility index (Phi) is 9.21. The summed E-state index contributed by atoms with van der Waals surface area (Å²) in [6, 6.07) is 15.6. The van der Waals surface area contributed by atoms with E-state index in [9.17, 15) is 4.79 Å². The van der Waals surface area contributed by atoms with Crippen LogP contribution < -0.4 is 9.47 Å². The molecule has 0 N–H and O–H groups in total. The first-order valence-electron chi connectivity index (χ1n) is 11.6. The zero-order valence-electron chi connectivity index (χ0n) is 19.6. The average molecular weight is 472 g/mol. The van der Waals surface area contributed by atoms with Crippen molar-refractivity contribution >= 4 is 17.6 Å². The van der Waals surface area contributed by atoms with Crippen molar-refractivity contribution in [2.24, 2.45) is 5.41 Å². The Labute approximate surface area is 202 Å². The molecule has 0 saturated carbocycles. The van der Waals surface area contributed by atoms with Gasteiger partial charge in [0, 0.05) is 6.54 Å². The van der Waals surface area contributed by atoms with Gasteiger partial charge in [0.15, 0.2) is 0 Å². The number of ether oxygens (including phenoxy) is 3. The molecule has 0 atom stereocenters. The second-order valence-corrected chi connectivity index (χ2v) is 9.19. The number of hydrogen-bond donors (Lipinski definition) is 0. The fraction of sp³-hybridized carbons (Fsp3) is 0.444. The highest BCUT2D eigenvalue weighted by Gasteiger charge is 2.43. The SMILES string of the molecule is C=CCOc1ccc(CN2CCC(CCOc3ccccc3)(C(=O)OC(C)C)CC2)cc1Cl. The molecule has 0 bridgehead atoms. The smallest absolute Gasteiger partial charge is 0.312 e. The van der Waals surface area contributed by atoms with Gasteiger partial charge in [0.25, 0.3) is 0 Å². The van der Waals surface area contributed by atoms with E-state index >= 15 is 0 Å². The van der Waals surface area contributed by atoms with E-state index in [1.54, 1.807) is 6.08 Å². The van der Waals surface area contributed by atoms with Crippen molar-refractivity contribution in [2.75, 3.05) is 26.3 Å². The van der Waals surface area contributed by atoms with Gasteiger partial charge in [-0.05, 0) is 76.0 Å². The van der Waals surface area contributed by atoms with Gasteiger partial charge in [-0.15, -0.1) is 0 Å². The summed E-state index contributed by atoms with van der Waals surface area (Å²) in [5.74, 6) is 1.37. The van der Waals surface area contributed by atoms with E-state index < -0.39 is 5.41 Å². The Morgan fingerprint density at radius 3 is 2.52 bits per heavy atom. The van der Waals surface area contributed by atoms with E-state index in [0.717, 1.165) is 43.8 Å². The van der Waals surface area contributed by atoms with Gasteiger partial charge in [-0.1, -0.05) is 48.5 Å². The number of carbonyl (C=O) groups excluding carboxylic acids is 1. The normalized spacial score (nSPS) is 15.8. The summed E-state index contributed by atoms with van der Waals surface area (Å²) in [6.07, 6.45) is 3.68. The lowest BCUT2D eigenvalue weighted by Gasteiger charge is -2.40. The van der Waals surface area contributed by atoms with Crippen molar-refractivity contribution in [3.8, 4) is 11.5 Å². The lowest BCUT2D eigenvalue weighted by molar-refractivity contribution is -0.164. The summed E-state index contributed by atoms with van der Waals surface area (Å²) in [4.78, 5) is 15.4. The number of para-hydroxylation sites is 1. The third-order valence-corrected chi connectivity index (χ3v) is 6.24. The molecule has 33 heavy (non-hydrogen) atoms. The minimum Gasteiger partial charge on any atom is -0.494 e. The summed E-state index contributed by atoms with van der Waals surface area (Å²) in [7, 11) is 0. The molecule has 0 radical (unpaired) electrons. The maximum Gasteiger partial charge on any atom is 0.312 e. The van der Waals surface area contributed by atoms with Crippen LogP contribution >= 0.6 is 11.6 Å². The fourth-order valence-electron chi connectivity index (χ4n) is 4.08. The Morgan fingerprint density at radius 2 is 1.88 bits per heavy atom. The molecular formula is C27H34ClNO4. The molecule has 1 aliphatic rings. The predicted octanol–water partition coefficient (Wildman–Crippen LogP) is 5.91. The quantitative estimate of drug-likeness (QED) is 0.301. The molecule has 0 amide bonds. The highest BCUT2D eigenvalue weighted by atomic mass is 35.5. The number of benzene rings is 2. The van der Waals surface area contributed by atoms with E-state index in [-0.39, 0.29) is 12.1 Å². The topological polar surface area (TPSA) is 48.0 Å². The first kappa shape index (κ1) is 25.1. The summed E-state index contributed by atoms with van der Waals surface area (Å²) in [5, 5.41) is 0.597. The molecule has 6 heteroatoms. The van der Waals surface area contributed by atoms with Crippen LogP contribution in [0.25, 0.3) is 0 Å². The number of halogens is 1. The van der Waals surface area contributed by atoms with Crippen LogP contribution in [0.3, 0.4) is 0 Å². The monoisotopic (exact) mass is 471 g/mol. The zero-order valence-corrected chi connectivity index (χ0v) is 20.4. The van der Waals surface area contributed by atoms with Crippen LogP contribution in [0.1, 0.15) is 38.7 Å². The predicted molar refractivity (Wildman–Crippen MR) is 132 cm³/mol. The van der Waals surface area contributed by atoms with E-state index in [1.165, 1.54) is 0 Å².